The first-order valence-electron chi connectivity index (χ1n) is 22.8. The van der Waals surface area contributed by atoms with Gasteiger partial charge in [0.25, 0.3) is 0 Å². The number of aromatic nitrogens is 8. The van der Waals surface area contributed by atoms with E-state index in [1.54, 1.807) is 0 Å². The molecule has 0 radical (unpaired) electrons. The fourth-order valence-electron chi connectivity index (χ4n) is 10.2. The van der Waals surface area contributed by atoms with Crippen molar-refractivity contribution in [2.75, 3.05) is 0 Å². The molecular weight excluding hydrogens is 833 g/mol. The normalized spacial score (nSPS) is 11.8. The second-order valence-electron chi connectivity index (χ2n) is 17.1. The van der Waals surface area contributed by atoms with E-state index in [4.69, 9.17) is 19.9 Å². The van der Waals surface area contributed by atoms with E-state index >= 15 is 0 Å². The van der Waals surface area contributed by atoms with Gasteiger partial charge in [-0.1, -0.05) is 158 Å². The van der Waals surface area contributed by atoms with Gasteiger partial charge in [-0.2, -0.15) is 9.97 Å². The van der Waals surface area contributed by atoms with Crippen LogP contribution in [0.5, 0.6) is 0 Å². The van der Waals surface area contributed by atoms with Crippen molar-refractivity contribution in [3.8, 4) is 62.6 Å². The van der Waals surface area contributed by atoms with Crippen LogP contribution in [0.3, 0.4) is 0 Å². The topological polar surface area (TPSA) is 70.8 Å². The zero-order valence-corrected chi connectivity index (χ0v) is 36.5. The molecule has 9 aromatic carbocycles. The van der Waals surface area contributed by atoms with Gasteiger partial charge in [0.1, 0.15) is 0 Å². The lowest BCUT2D eigenvalue weighted by Crippen LogP contribution is -2.06. The van der Waals surface area contributed by atoms with E-state index < -0.39 is 0 Å². The number of imidazole rings is 2. The molecule has 14 aromatic rings. The lowest BCUT2D eigenvalue weighted by Gasteiger charge is -2.11. The molecule has 0 atom stereocenters. The molecule has 0 spiro atoms. The fraction of sp³-hybridized carbons (Fsp3) is 0. The van der Waals surface area contributed by atoms with Gasteiger partial charge in [0.15, 0.2) is 11.6 Å². The maximum Gasteiger partial charge on any atom is 0.238 e. The number of benzene rings is 9. The molecule has 68 heavy (non-hydrogen) atoms. The highest BCUT2D eigenvalue weighted by Crippen LogP contribution is 2.43. The Bertz CT molecular complexity index is 4180. The van der Waals surface area contributed by atoms with Crippen LogP contribution in [0.4, 0.5) is 0 Å². The average molecular weight is 871 g/mol. The minimum atomic E-state index is 0.552. The molecule has 0 unspecified atom stereocenters. The predicted octanol–water partition coefficient (Wildman–Crippen LogP) is 14.3. The second-order valence-corrected chi connectivity index (χ2v) is 17.1. The summed E-state index contributed by atoms with van der Waals surface area (Å²) in [6.07, 6.45) is 0. The Labute approximate surface area is 389 Å². The number of para-hydroxylation sites is 6. The van der Waals surface area contributed by atoms with Crippen LogP contribution in [0.15, 0.2) is 231 Å². The maximum absolute atomic E-state index is 5.69. The van der Waals surface area contributed by atoms with Crippen LogP contribution in [0, 0.1) is 0 Å². The van der Waals surface area contributed by atoms with Crippen molar-refractivity contribution in [1.29, 1.82) is 0 Å². The van der Waals surface area contributed by atoms with E-state index in [9.17, 15) is 0 Å². The molecule has 0 N–H and O–H groups in total. The summed E-state index contributed by atoms with van der Waals surface area (Å²) in [4.78, 5) is 21.1. The second kappa shape index (κ2) is 15.1. The van der Waals surface area contributed by atoms with Gasteiger partial charge in [0, 0.05) is 55.2 Å². The van der Waals surface area contributed by atoms with Crippen molar-refractivity contribution in [3.63, 3.8) is 0 Å². The van der Waals surface area contributed by atoms with Crippen LogP contribution >= 0.6 is 0 Å². The Morgan fingerprint density at radius 2 is 0.721 bits per heavy atom. The third-order valence-corrected chi connectivity index (χ3v) is 13.2. The highest BCUT2D eigenvalue weighted by molar-refractivity contribution is 6.12. The van der Waals surface area contributed by atoms with Crippen LogP contribution in [0.25, 0.3) is 123 Å². The number of hydrogen-bond acceptors (Lipinski definition) is 4. The molecule has 0 aliphatic rings. The van der Waals surface area contributed by atoms with Crippen molar-refractivity contribution in [1.82, 2.24) is 38.0 Å². The first-order chi connectivity index (χ1) is 33.7. The van der Waals surface area contributed by atoms with Gasteiger partial charge in [0.2, 0.25) is 11.7 Å². The van der Waals surface area contributed by atoms with Gasteiger partial charge in [-0.25, -0.2) is 9.97 Å². The molecule has 0 aliphatic heterocycles. The lowest BCUT2D eigenvalue weighted by molar-refractivity contribution is 0.953. The SMILES string of the molecule is c1ccc(-c2nc(-c3ccccc3)nc(-n3c4ccccc4c4cc(-c5nc6n(-c7ccccc7)c7ccccc7n6c5-c5ccc6c(c5)c5ccccc5n6-c5ccccc5)ccc43)n2)cc1. The fourth-order valence-corrected chi connectivity index (χ4v) is 10.2. The summed E-state index contributed by atoms with van der Waals surface area (Å²) >= 11 is 0. The smallest absolute Gasteiger partial charge is 0.238 e. The molecule has 0 saturated carbocycles. The number of fused-ring (bicyclic) bond motifs is 9. The molecule has 5 heterocycles. The molecule has 0 fully saturated rings. The molecular formula is C60H38N8. The van der Waals surface area contributed by atoms with Gasteiger partial charge < -0.3 is 4.57 Å². The summed E-state index contributed by atoms with van der Waals surface area (Å²) in [7, 11) is 0. The summed E-state index contributed by atoms with van der Waals surface area (Å²) < 4.78 is 9.17. The number of nitrogens with zero attached hydrogens (tertiary/aromatic N) is 8. The van der Waals surface area contributed by atoms with Gasteiger partial charge in [0.05, 0.1) is 44.5 Å². The van der Waals surface area contributed by atoms with E-state index in [-0.39, 0.29) is 0 Å². The van der Waals surface area contributed by atoms with Crippen LogP contribution < -0.4 is 0 Å². The van der Waals surface area contributed by atoms with Crippen molar-refractivity contribution in [2.45, 2.75) is 0 Å². The first-order valence-corrected chi connectivity index (χ1v) is 22.8. The standard InChI is InChI=1S/C60H38N8/c1-5-19-39(20-6-1)57-62-58(40-21-7-2-8-22-40)64-59(63-57)67-50-30-16-14-28-46(50)47-37-41(33-35-52(47)67)55-56(68-54-32-18-17-31-53(54)66(60(68)61-55)44-25-11-4-12-26-44)42-34-36-51-48(38-42)45-27-13-15-29-49(45)65(51)43-23-9-3-10-24-43/h1-38H. The molecule has 0 aliphatic carbocycles. The zero-order valence-electron chi connectivity index (χ0n) is 36.5. The highest BCUT2D eigenvalue weighted by atomic mass is 15.2. The van der Waals surface area contributed by atoms with E-state index in [1.165, 1.54) is 10.8 Å². The molecule has 0 bridgehead atoms. The Morgan fingerprint density at radius 3 is 1.32 bits per heavy atom. The average Bonchev–Trinajstić information content (AvgIpc) is 4.15. The number of hydrogen-bond donors (Lipinski definition) is 0. The third-order valence-electron chi connectivity index (χ3n) is 13.2. The number of rotatable bonds is 7. The maximum atomic E-state index is 5.69. The van der Waals surface area contributed by atoms with Crippen molar-refractivity contribution < 1.29 is 0 Å². The molecule has 0 saturated heterocycles. The minimum Gasteiger partial charge on any atom is -0.309 e. The predicted molar refractivity (Wildman–Crippen MR) is 276 cm³/mol. The van der Waals surface area contributed by atoms with Crippen LogP contribution in [-0.4, -0.2) is 38.0 Å². The van der Waals surface area contributed by atoms with Gasteiger partial charge in [-0.05, 0) is 72.8 Å². The van der Waals surface area contributed by atoms with E-state index in [0.29, 0.717) is 17.6 Å². The Hall–Kier alpha value is -9.40. The largest absolute Gasteiger partial charge is 0.309 e. The minimum absolute atomic E-state index is 0.552. The third kappa shape index (κ3) is 5.81. The Kier molecular flexibility index (Phi) is 8.41. The summed E-state index contributed by atoms with van der Waals surface area (Å²) in [5.41, 5.74) is 14.4. The zero-order chi connectivity index (χ0) is 44.7. The van der Waals surface area contributed by atoms with Gasteiger partial charge in [-0.15, -0.1) is 0 Å². The van der Waals surface area contributed by atoms with E-state index in [1.807, 2.05) is 60.7 Å². The van der Waals surface area contributed by atoms with Crippen LogP contribution in [0.2, 0.25) is 0 Å². The Balaban J connectivity index is 1.04. The molecule has 5 aromatic heterocycles. The van der Waals surface area contributed by atoms with Crippen LogP contribution in [-0.2, 0) is 0 Å². The van der Waals surface area contributed by atoms with E-state index in [0.717, 1.165) is 94.7 Å². The summed E-state index contributed by atoms with van der Waals surface area (Å²) in [5, 5.41) is 4.53. The van der Waals surface area contributed by atoms with Gasteiger partial charge >= 0.3 is 0 Å². The lowest BCUT2D eigenvalue weighted by atomic mass is 10.0. The molecule has 8 nitrogen and oxygen atoms in total. The van der Waals surface area contributed by atoms with Crippen molar-refractivity contribution >= 4 is 60.4 Å². The van der Waals surface area contributed by atoms with Gasteiger partial charge in [-0.3, -0.25) is 13.5 Å². The highest BCUT2D eigenvalue weighted by Gasteiger charge is 2.26. The van der Waals surface area contributed by atoms with Crippen LogP contribution in [0.1, 0.15) is 0 Å². The molecule has 8 heteroatoms. The molecule has 0 amide bonds. The summed E-state index contributed by atoms with van der Waals surface area (Å²) in [6, 6.07) is 80.8. The Morgan fingerprint density at radius 1 is 0.279 bits per heavy atom. The van der Waals surface area contributed by atoms with Crippen molar-refractivity contribution in [2.24, 2.45) is 0 Å². The monoisotopic (exact) mass is 870 g/mol. The van der Waals surface area contributed by atoms with Crippen molar-refractivity contribution in [3.05, 3.63) is 231 Å². The summed E-state index contributed by atoms with van der Waals surface area (Å²) in [6.45, 7) is 0. The molecule has 14 rings (SSSR count). The molecule has 318 valence electrons. The summed E-state index contributed by atoms with van der Waals surface area (Å²) in [5.74, 6) is 2.61. The van der Waals surface area contributed by atoms with E-state index in [2.05, 4.69) is 188 Å². The quantitative estimate of drug-likeness (QED) is 0.160. The first kappa shape index (κ1) is 37.9.